The maximum absolute atomic E-state index is 12.3. The molecule has 1 N–H and O–H groups in total. The Labute approximate surface area is 136 Å². The minimum atomic E-state index is -0.212. The third kappa shape index (κ3) is 3.51. The maximum Gasteiger partial charge on any atom is 0.232 e. The summed E-state index contributed by atoms with van der Waals surface area (Å²) < 4.78 is 5.26. The van der Waals surface area contributed by atoms with E-state index >= 15 is 0 Å². The number of nitrogens with one attached hydrogen (secondary N) is 1. The van der Waals surface area contributed by atoms with Crippen molar-refractivity contribution in [1.29, 1.82) is 0 Å². The predicted molar refractivity (Wildman–Crippen MR) is 90.7 cm³/mol. The minimum absolute atomic E-state index is 0.0557. The molecule has 1 aromatic carbocycles. The van der Waals surface area contributed by atoms with Crippen molar-refractivity contribution in [2.75, 3.05) is 30.4 Å². The number of aromatic nitrogens is 1. The lowest BCUT2D eigenvalue weighted by Crippen LogP contribution is -2.51. The highest BCUT2D eigenvalue weighted by Crippen LogP contribution is 2.23. The molecule has 1 aliphatic rings. The number of hydrogen-bond acceptors (Lipinski definition) is 4. The highest BCUT2D eigenvalue weighted by Gasteiger charge is 2.26. The Balaban J connectivity index is 1.59. The van der Waals surface area contributed by atoms with Crippen LogP contribution in [0.5, 0.6) is 0 Å². The predicted octanol–water partition coefficient (Wildman–Crippen LogP) is 2.66. The highest BCUT2D eigenvalue weighted by atomic mass is 16.5. The van der Waals surface area contributed by atoms with Crippen LogP contribution in [0.25, 0.3) is 0 Å². The van der Waals surface area contributed by atoms with Gasteiger partial charge in [-0.2, -0.15) is 0 Å². The largest absolute Gasteiger partial charge is 0.378 e. The van der Waals surface area contributed by atoms with E-state index in [4.69, 9.17) is 4.74 Å². The van der Waals surface area contributed by atoms with E-state index in [2.05, 4.69) is 15.2 Å². The Bertz CT molecular complexity index is 652. The van der Waals surface area contributed by atoms with E-state index in [1.54, 1.807) is 13.3 Å². The van der Waals surface area contributed by atoms with Crippen molar-refractivity contribution in [3.63, 3.8) is 0 Å². The quantitative estimate of drug-likeness (QED) is 0.922. The van der Waals surface area contributed by atoms with Crippen molar-refractivity contribution >= 4 is 17.4 Å². The molecule has 5 nitrogen and oxygen atoms in total. The second kappa shape index (κ2) is 6.79. The number of hydrogen-bond donors (Lipinski definition) is 1. The third-order valence-corrected chi connectivity index (χ3v) is 4.24. The van der Waals surface area contributed by atoms with Crippen LogP contribution in [-0.4, -0.2) is 37.2 Å². The van der Waals surface area contributed by atoms with Crippen molar-refractivity contribution in [3.8, 4) is 0 Å². The second-order valence-electron chi connectivity index (χ2n) is 5.79. The molecular formula is C18H21N3O2. The summed E-state index contributed by atoms with van der Waals surface area (Å²) in [5.74, 6) is 0.306. The Kier molecular flexibility index (Phi) is 4.57. The third-order valence-electron chi connectivity index (χ3n) is 4.24. The van der Waals surface area contributed by atoms with Crippen LogP contribution in [0.1, 0.15) is 18.4 Å². The van der Waals surface area contributed by atoms with Crippen LogP contribution in [0.2, 0.25) is 0 Å². The van der Waals surface area contributed by atoms with E-state index in [1.807, 2.05) is 49.4 Å². The molecule has 0 radical (unpaired) electrons. The zero-order valence-electron chi connectivity index (χ0n) is 13.4. The normalized spacial score (nSPS) is 15.8. The Morgan fingerprint density at radius 3 is 2.61 bits per heavy atom. The van der Waals surface area contributed by atoms with Crippen LogP contribution < -0.4 is 10.2 Å². The summed E-state index contributed by atoms with van der Waals surface area (Å²) in [6.07, 6.45) is 2.09. The summed E-state index contributed by atoms with van der Waals surface area (Å²) in [5.41, 5.74) is 2.04. The monoisotopic (exact) mass is 311 g/mol. The lowest BCUT2D eigenvalue weighted by atomic mass is 10.0. The Morgan fingerprint density at radius 1 is 1.26 bits per heavy atom. The zero-order chi connectivity index (χ0) is 16.2. The summed E-state index contributed by atoms with van der Waals surface area (Å²) in [5, 5.41) is 2.87. The fourth-order valence-electron chi connectivity index (χ4n) is 2.57. The summed E-state index contributed by atoms with van der Waals surface area (Å²) in [6, 6.07) is 13.5. The Hall–Kier alpha value is -2.40. The molecule has 1 aliphatic heterocycles. The van der Waals surface area contributed by atoms with Crippen LogP contribution in [0.4, 0.5) is 11.5 Å². The van der Waals surface area contributed by atoms with Gasteiger partial charge in [0.1, 0.15) is 5.82 Å². The number of ether oxygens (including phenoxy) is 1. The number of amides is 1. The van der Waals surface area contributed by atoms with Crippen LogP contribution in [0.15, 0.2) is 48.7 Å². The van der Waals surface area contributed by atoms with Gasteiger partial charge in [0.15, 0.2) is 0 Å². The van der Waals surface area contributed by atoms with Gasteiger partial charge in [0, 0.05) is 20.2 Å². The van der Waals surface area contributed by atoms with Gasteiger partial charge in [-0.1, -0.05) is 30.3 Å². The first kappa shape index (κ1) is 15.5. The molecule has 0 aliphatic carbocycles. The van der Waals surface area contributed by atoms with Crippen molar-refractivity contribution in [2.24, 2.45) is 0 Å². The molecule has 1 atom stereocenters. The molecule has 2 aromatic rings. The first-order valence-corrected chi connectivity index (χ1v) is 7.77. The lowest BCUT2D eigenvalue weighted by Gasteiger charge is -2.39. The molecule has 1 unspecified atom stereocenters. The van der Waals surface area contributed by atoms with Gasteiger partial charge in [0.2, 0.25) is 5.91 Å². The van der Waals surface area contributed by atoms with Crippen LogP contribution in [-0.2, 0) is 9.53 Å². The summed E-state index contributed by atoms with van der Waals surface area (Å²) in [4.78, 5) is 18.8. The highest BCUT2D eigenvalue weighted by molar-refractivity contribution is 5.94. The number of rotatable bonds is 5. The molecule has 0 spiro atoms. The zero-order valence-corrected chi connectivity index (χ0v) is 13.4. The molecule has 120 valence electrons. The number of methoxy groups -OCH3 is 1. The minimum Gasteiger partial charge on any atom is -0.378 e. The number of anilines is 2. The van der Waals surface area contributed by atoms with E-state index in [1.165, 1.54) is 0 Å². The van der Waals surface area contributed by atoms with Gasteiger partial charge >= 0.3 is 0 Å². The first-order valence-electron chi connectivity index (χ1n) is 7.77. The molecule has 1 fully saturated rings. The van der Waals surface area contributed by atoms with Gasteiger partial charge in [-0.25, -0.2) is 4.98 Å². The molecular weight excluding hydrogens is 290 g/mol. The Morgan fingerprint density at radius 2 is 2.00 bits per heavy atom. The van der Waals surface area contributed by atoms with E-state index in [9.17, 15) is 4.79 Å². The lowest BCUT2D eigenvalue weighted by molar-refractivity contribution is -0.117. The number of carbonyl (C=O) groups excluding carboxylic acids is 1. The standard InChI is InChI=1S/C18H21N3O2/c1-13(14-6-4-3-5-7-14)18(22)20-17-9-8-15(10-19-17)21-11-16(12-21)23-2/h3-10,13,16H,11-12H2,1-2H3,(H,19,20,22). The first-order chi connectivity index (χ1) is 11.2. The summed E-state index contributed by atoms with van der Waals surface area (Å²) in [6.45, 7) is 3.66. The van der Waals surface area contributed by atoms with Crippen molar-refractivity contribution in [3.05, 3.63) is 54.2 Å². The number of pyridine rings is 1. The average molecular weight is 311 g/mol. The van der Waals surface area contributed by atoms with Gasteiger partial charge in [-0.15, -0.1) is 0 Å². The van der Waals surface area contributed by atoms with Crippen molar-refractivity contribution < 1.29 is 9.53 Å². The maximum atomic E-state index is 12.3. The molecule has 1 saturated heterocycles. The van der Waals surface area contributed by atoms with Gasteiger partial charge < -0.3 is 15.0 Å². The topological polar surface area (TPSA) is 54.5 Å². The fourth-order valence-corrected chi connectivity index (χ4v) is 2.57. The van der Waals surface area contributed by atoms with Gasteiger partial charge in [-0.05, 0) is 24.6 Å². The van der Waals surface area contributed by atoms with Crippen LogP contribution in [0.3, 0.4) is 0 Å². The van der Waals surface area contributed by atoms with E-state index in [0.717, 1.165) is 24.3 Å². The molecule has 3 rings (SSSR count). The number of nitrogens with zero attached hydrogens (tertiary/aromatic N) is 2. The van der Waals surface area contributed by atoms with Crippen molar-refractivity contribution in [2.45, 2.75) is 18.9 Å². The second-order valence-corrected chi connectivity index (χ2v) is 5.79. The van der Waals surface area contributed by atoms with Crippen LogP contribution >= 0.6 is 0 Å². The fraction of sp³-hybridized carbons (Fsp3) is 0.333. The average Bonchev–Trinajstić information content (AvgIpc) is 2.55. The van der Waals surface area contributed by atoms with Gasteiger partial charge in [-0.3, -0.25) is 4.79 Å². The number of benzene rings is 1. The molecule has 1 amide bonds. The molecule has 0 saturated carbocycles. The van der Waals surface area contributed by atoms with E-state index < -0.39 is 0 Å². The summed E-state index contributed by atoms with van der Waals surface area (Å²) in [7, 11) is 1.73. The SMILES string of the molecule is COC1CN(c2ccc(NC(=O)C(C)c3ccccc3)nc2)C1. The molecule has 0 bridgehead atoms. The number of carbonyl (C=O) groups is 1. The molecule has 5 heteroatoms. The summed E-state index contributed by atoms with van der Waals surface area (Å²) >= 11 is 0. The van der Waals surface area contributed by atoms with Gasteiger partial charge in [0.25, 0.3) is 0 Å². The van der Waals surface area contributed by atoms with Gasteiger partial charge in [0.05, 0.1) is 23.9 Å². The molecule has 2 heterocycles. The smallest absolute Gasteiger partial charge is 0.232 e. The van der Waals surface area contributed by atoms with E-state index in [-0.39, 0.29) is 11.8 Å². The van der Waals surface area contributed by atoms with E-state index in [0.29, 0.717) is 11.9 Å². The van der Waals surface area contributed by atoms with Crippen molar-refractivity contribution in [1.82, 2.24) is 4.98 Å². The van der Waals surface area contributed by atoms with Crippen LogP contribution in [0, 0.1) is 0 Å². The molecule has 23 heavy (non-hydrogen) atoms. The molecule has 1 aromatic heterocycles.